The number of hydrogen-bond acceptors (Lipinski definition) is 8. The zero-order chi connectivity index (χ0) is 30.7. The van der Waals surface area contributed by atoms with Gasteiger partial charge in [-0.1, -0.05) is 41.4 Å². The van der Waals surface area contributed by atoms with E-state index in [1.54, 1.807) is 30.3 Å². The first kappa shape index (κ1) is 28.9. The minimum atomic E-state index is -0.611. The van der Waals surface area contributed by atoms with Crippen molar-refractivity contribution in [2.75, 3.05) is 49.9 Å². The number of halogens is 3. The van der Waals surface area contributed by atoms with Gasteiger partial charge in [-0.3, -0.25) is 9.59 Å². The van der Waals surface area contributed by atoms with Crippen LogP contribution in [0.15, 0.2) is 42.5 Å². The highest BCUT2D eigenvalue weighted by Gasteiger charge is 2.40. The Balaban J connectivity index is 1.20. The van der Waals surface area contributed by atoms with Crippen LogP contribution in [0.25, 0.3) is 11.1 Å². The fourth-order valence-electron chi connectivity index (χ4n) is 6.56. The van der Waals surface area contributed by atoms with E-state index in [0.717, 1.165) is 12.8 Å². The third-order valence-corrected chi connectivity index (χ3v) is 9.35. The predicted molar refractivity (Wildman–Crippen MR) is 162 cm³/mol. The number of esters is 1. The average Bonchev–Trinajstić information content (AvgIpc) is 3.24. The van der Waals surface area contributed by atoms with Gasteiger partial charge in [0.1, 0.15) is 11.6 Å². The molecule has 0 N–H and O–H groups in total. The lowest BCUT2D eigenvalue weighted by molar-refractivity contribution is -0.119. The van der Waals surface area contributed by atoms with Gasteiger partial charge in [-0.05, 0) is 37.1 Å². The number of carbonyl (C=O) groups excluding carboxylic acids is 3. The van der Waals surface area contributed by atoms with Crippen LogP contribution in [0.3, 0.4) is 0 Å². The summed E-state index contributed by atoms with van der Waals surface area (Å²) in [5.74, 6) is -1.05. The number of anilines is 2. The van der Waals surface area contributed by atoms with E-state index in [0.29, 0.717) is 41.5 Å². The average molecular weight is 640 g/mol. The maximum Gasteiger partial charge on any atom is 0.340 e. The van der Waals surface area contributed by atoms with Crippen LogP contribution in [-0.2, 0) is 20.8 Å². The number of ketones is 1. The predicted octanol–water partition coefficient (Wildman–Crippen LogP) is 5.34. The van der Waals surface area contributed by atoms with E-state index in [4.69, 9.17) is 37.4 Å². The fourth-order valence-corrected chi connectivity index (χ4v) is 7.20. The van der Waals surface area contributed by atoms with Crippen LogP contribution >= 0.6 is 23.2 Å². The van der Waals surface area contributed by atoms with Crippen molar-refractivity contribution < 1.29 is 33.0 Å². The van der Waals surface area contributed by atoms with Gasteiger partial charge in [0, 0.05) is 22.4 Å². The van der Waals surface area contributed by atoms with E-state index in [9.17, 15) is 14.4 Å². The summed E-state index contributed by atoms with van der Waals surface area (Å²) in [5, 5.41) is 0.350. The second-order valence-electron chi connectivity index (χ2n) is 11.4. The summed E-state index contributed by atoms with van der Waals surface area (Å²) in [4.78, 5) is 43.2. The molecule has 3 aromatic carbocycles. The SMILES string of the molecule is COC(=O)c1cc(F)c(-c2cccc3c2OCN(C(=O)c2c(Cl)cc(N4CC(=O)C4)cc2Cl)C3)cc1N1C2CCC1COC2. The minimum absolute atomic E-state index is 0.0806. The number of Topliss-reactive ketones (excluding diaryl/α,β-unsaturated/α-hetero) is 1. The number of fused-ring (bicyclic) bond motifs is 3. The molecule has 2 atom stereocenters. The molecule has 0 aromatic heterocycles. The molecule has 0 aliphatic carbocycles. The van der Waals surface area contributed by atoms with Crippen molar-refractivity contribution in [3.63, 3.8) is 0 Å². The quantitative estimate of drug-likeness (QED) is 0.346. The standard InChI is InChI=1S/C32H28Cl2FN3O6/c1-42-32(41)24-9-27(35)23(10-28(24)38-18-5-6-19(38)15-43-14-18)22-4-2-3-17-11-37(16-44-30(17)22)31(40)29-25(33)7-20(8-26(29)34)36-12-21(39)13-36/h2-4,7-10,18-19H,5-6,11-16H2,1H3. The van der Waals surface area contributed by atoms with Crippen molar-refractivity contribution >= 4 is 52.2 Å². The molecule has 3 saturated heterocycles. The van der Waals surface area contributed by atoms with E-state index in [1.807, 2.05) is 11.0 Å². The summed E-state index contributed by atoms with van der Waals surface area (Å²) in [6.45, 7) is 1.69. The molecule has 1 amide bonds. The van der Waals surface area contributed by atoms with E-state index < -0.39 is 17.7 Å². The number of ether oxygens (including phenoxy) is 3. The van der Waals surface area contributed by atoms with Gasteiger partial charge in [0.05, 0.1) is 78.9 Å². The molecule has 9 nitrogen and oxygen atoms in total. The monoisotopic (exact) mass is 639 g/mol. The fraction of sp³-hybridized carbons (Fsp3) is 0.344. The summed E-state index contributed by atoms with van der Waals surface area (Å²) in [6.07, 6.45) is 1.83. The lowest BCUT2D eigenvalue weighted by Gasteiger charge is -2.38. The number of methoxy groups -OCH3 is 1. The van der Waals surface area contributed by atoms with Crippen LogP contribution in [0.2, 0.25) is 10.0 Å². The van der Waals surface area contributed by atoms with Crippen molar-refractivity contribution in [3.05, 3.63) is 75.0 Å². The van der Waals surface area contributed by atoms with Crippen LogP contribution in [0.4, 0.5) is 15.8 Å². The summed E-state index contributed by atoms with van der Waals surface area (Å²) in [5.41, 5.74) is 3.04. The summed E-state index contributed by atoms with van der Waals surface area (Å²) < 4.78 is 32.7. The molecule has 0 spiro atoms. The number of hydrogen-bond donors (Lipinski definition) is 0. The number of nitrogens with zero attached hydrogens (tertiary/aromatic N) is 3. The largest absolute Gasteiger partial charge is 0.472 e. The molecule has 2 bridgehead atoms. The first-order valence-corrected chi connectivity index (χ1v) is 15.1. The molecule has 44 heavy (non-hydrogen) atoms. The van der Waals surface area contributed by atoms with Gasteiger partial charge in [0.25, 0.3) is 5.91 Å². The molecule has 4 heterocycles. The van der Waals surface area contributed by atoms with Gasteiger partial charge in [0.2, 0.25) is 0 Å². The number of para-hydroxylation sites is 1. The number of carbonyl (C=O) groups is 3. The van der Waals surface area contributed by atoms with Crippen molar-refractivity contribution in [1.29, 1.82) is 0 Å². The van der Waals surface area contributed by atoms with Gasteiger partial charge < -0.3 is 28.9 Å². The lowest BCUT2D eigenvalue weighted by atomic mass is 9.96. The van der Waals surface area contributed by atoms with Crippen LogP contribution in [0.5, 0.6) is 5.75 Å². The smallest absolute Gasteiger partial charge is 0.340 e. The molecule has 0 radical (unpaired) electrons. The van der Waals surface area contributed by atoms with E-state index >= 15 is 4.39 Å². The molecule has 12 heteroatoms. The molecule has 7 rings (SSSR count). The zero-order valence-corrected chi connectivity index (χ0v) is 25.3. The number of rotatable bonds is 5. The number of amides is 1. The Labute approximate surface area is 263 Å². The van der Waals surface area contributed by atoms with Crippen LogP contribution in [-0.4, -0.2) is 74.8 Å². The highest BCUT2D eigenvalue weighted by Crippen LogP contribution is 2.43. The van der Waals surface area contributed by atoms with E-state index in [-0.39, 0.29) is 71.0 Å². The van der Waals surface area contributed by atoms with E-state index in [1.165, 1.54) is 18.1 Å². The maximum absolute atomic E-state index is 15.8. The molecule has 4 aliphatic rings. The maximum atomic E-state index is 15.8. The van der Waals surface area contributed by atoms with Crippen LogP contribution < -0.4 is 14.5 Å². The van der Waals surface area contributed by atoms with Gasteiger partial charge in [-0.2, -0.15) is 0 Å². The molecule has 0 saturated carbocycles. The summed E-state index contributed by atoms with van der Waals surface area (Å²) in [6, 6.07) is 11.7. The Bertz CT molecular complexity index is 1670. The Hall–Kier alpha value is -3.86. The van der Waals surface area contributed by atoms with Gasteiger partial charge >= 0.3 is 5.97 Å². The van der Waals surface area contributed by atoms with Crippen LogP contribution in [0.1, 0.15) is 39.1 Å². The van der Waals surface area contributed by atoms with Crippen molar-refractivity contribution in [2.45, 2.75) is 31.5 Å². The third kappa shape index (κ3) is 4.85. The van der Waals surface area contributed by atoms with Gasteiger partial charge in [-0.15, -0.1) is 0 Å². The van der Waals surface area contributed by atoms with Crippen LogP contribution in [0, 0.1) is 5.82 Å². The third-order valence-electron chi connectivity index (χ3n) is 8.75. The van der Waals surface area contributed by atoms with Crippen molar-refractivity contribution in [1.82, 2.24) is 4.90 Å². The minimum Gasteiger partial charge on any atom is -0.472 e. The van der Waals surface area contributed by atoms with Gasteiger partial charge in [0.15, 0.2) is 12.5 Å². The topological polar surface area (TPSA) is 88.6 Å². The Kier molecular flexibility index (Phi) is 7.39. The van der Waals surface area contributed by atoms with E-state index in [2.05, 4.69) is 4.90 Å². The molecule has 3 fully saturated rings. The molecule has 2 unspecified atom stereocenters. The van der Waals surface area contributed by atoms with Gasteiger partial charge in [-0.25, -0.2) is 9.18 Å². The van der Waals surface area contributed by atoms with Crippen molar-refractivity contribution in [3.8, 4) is 16.9 Å². The second kappa shape index (κ2) is 11.3. The summed E-state index contributed by atoms with van der Waals surface area (Å²) in [7, 11) is 1.28. The molecule has 4 aliphatic heterocycles. The zero-order valence-electron chi connectivity index (χ0n) is 23.8. The number of benzene rings is 3. The highest BCUT2D eigenvalue weighted by molar-refractivity contribution is 6.40. The molecular weight excluding hydrogens is 612 g/mol. The first-order chi connectivity index (χ1) is 21.2. The first-order valence-electron chi connectivity index (χ1n) is 14.3. The Morgan fingerprint density at radius 1 is 0.977 bits per heavy atom. The summed E-state index contributed by atoms with van der Waals surface area (Å²) >= 11 is 13.0. The molecular formula is C32H28Cl2FN3O6. The second-order valence-corrected chi connectivity index (χ2v) is 12.2. The Morgan fingerprint density at radius 2 is 1.68 bits per heavy atom. The molecule has 228 valence electrons. The lowest BCUT2D eigenvalue weighted by Crippen LogP contribution is -2.47. The molecule has 3 aromatic rings. The van der Waals surface area contributed by atoms with Crippen molar-refractivity contribution in [2.24, 2.45) is 0 Å². The highest BCUT2D eigenvalue weighted by atomic mass is 35.5. The normalized spacial score (nSPS) is 20.6. The number of morpholine rings is 1. The Morgan fingerprint density at radius 3 is 2.34 bits per heavy atom.